The highest BCUT2D eigenvalue weighted by atomic mass is 35.5. The predicted molar refractivity (Wildman–Crippen MR) is 175 cm³/mol. The van der Waals surface area contributed by atoms with E-state index in [0.717, 1.165) is 38.1 Å². The van der Waals surface area contributed by atoms with Crippen LogP contribution in [0.4, 0.5) is 0 Å². The van der Waals surface area contributed by atoms with Gasteiger partial charge in [-0.05, 0) is 72.6 Å². The zero-order chi connectivity index (χ0) is 30.1. The molecule has 212 valence electrons. The minimum absolute atomic E-state index is 0.0240. The Labute approximate surface area is 257 Å². The summed E-state index contributed by atoms with van der Waals surface area (Å²) in [6.07, 6.45) is 3.15. The Bertz CT molecular complexity index is 1770. The van der Waals surface area contributed by atoms with Gasteiger partial charge in [0.1, 0.15) is 5.75 Å². The standard InChI is InChI=1S/C17H12ClNOS.C16H15NO3S/c18-13-6-8-14(9-7-13)21-19-11-16-15-4-2-1-3-12(15)5-10-17(16)20;1-10-7-8-12(16(20)15(10)19)9-17-21-14-6-4-3-5-13(14)11(2)18/h1-11,20H;3-9,19-20H,1-2H3. The molecule has 0 bridgehead atoms. The van der Waals surface area contributed by atoms with E-state index < -0.39 is 0 Å². The maximum atomic E-state index is 11.5. The number of hydrogen-bond donors (Lipinski definition) is 3. The van der Waals surface area contributed by atoms with Gasteiger partial charge in [-0.2, -0.15) is 0 Å². The molecule has 5 aromatic carbocycles. The van der Waals surface area contributed by atoms with E-state index in [9.17, 15) is 20.1 Å². The SMILES string of the molecule is CC(=O)c1ccccc1SN=Cc1ccc(C)c(O)c1O.Oc1ccc2ccccc2c1C=NSc1ccc(Cl)cc1. The molecule has 0 aliphatic carbocycles. The van der Waals surface area contributed by atoms with E-state index in [-0.39, 0.29) is 23.0 Å². The van der Waals surface area contributed by atoms with Crippen LogP contribution in [0.5, 0.6) is 17.2 Å². The van der Waals surface area contributed by atoms with Gasteiger partial charge in [0.15, 0.2) is 17.3 Å². The quantitative estimate of drug-likeness (QED) is 0.0731. The Morgan fingerprint density at radius 1 is 0.762 bits per heavy atom. The van der Waals surface area contributed by atoms with Crippen LogP contribution in [0.1, 0.15) is 34.0 Å². The number of hydrogen-bond acceptors (Lipinski definition) is 8. The first kappa shape index (κ1) is 30.7. The van der Waals surface area contributed by atoms with E-state index >= 15 is 0 Å². The molecule has 0 heterocycles. The van der Waals surface area contributed by atoms with E-state index in [1.54, 1.807) is 43.5 Å². The molecule has 0 radical (unpaired) electrons. The Morgan fingerprint density at radius 2 is 1.45 bits per heavy atom. The van der Waals surface area contributed by atoms with Crippen molar-refractivity contribution in [3.63, 3.8) is 0 Å². The van der Waals surface area contributed by atoms with Crippen LogP contribution in [0.3, 0.4) is 0 Å². The van der Waals surface area contributed by atoms with Gasteiger partial charge in [-0.25, -0.2) is 8.80 Å². The van der Waals surface area contributed by atoms with Crippen molar-refractivity contribution in [2.24, 2.45) is 8.80 Å². The number of aromatic hydroxyl groups is 3. The van der Waals surface area contributed by atoms with Crippen molar-refractivity contribution in [1.29, 1.82) is 0 Å². The molecule has 9 heteroatoms. The molecule has 0 aliphatic heterocycles. The highest BCUT2D eigenvalue weighted by Gasteiger charge is 2.09. The molecule has 0 aliphatic rings. The fourth-order valence-corrected chi connectivity index (χ4v) is 5.23. The van der Waals surface area contributed by atoms with Gasteiger partial charge in [-0.1, -0.05) is 66.2 Å². The number of fused-ring (bicyclic) bond motifs is 1. The molecule has 0 spiro atoms. The summed E-state index contributed by atoms with van der Waals surface area (Å²) in [5, 5.41) is 32.3. The second-order valence-corrected chi connectivity index (χ2v) is 11.2. The zero-order valence-corrected chi connectivity index (χ0v) is 25.1. The molecule has 42 heavy (non-hydrogen) atoms. The molecular weight excluding hydrogens is 588 g/mol. The van der Waals surface area contributed by atoms with Crippen molar-refractivity contribution < 1.29 is 20.1 Å². The van der Waals surface area contributed by atoms with Gasteiger partial charge in [0.25, 0.3) is 0 Å². The summed E-state index contributed by atoms with van der Waals surface area (Å²) in [4.78, 5) is 13.2. The summed E-state index contributed by atoms with van der Waals surface area (Å²) in [6, 6.07) is 29.5. The summed E-state index contributed by atoms with van der Waals surface area (Å²) in [5.41, 5.74) is 2.36. The first-order valence-electron chi connectivity index (χ1n) is 12.7. The van der Waals surface area contributed by atoms with Gasteiger partial charge < -0.3 is 15.3 Å². The van der Waals surface area contributed by atoms with Crippen LogP contribution in [0, 0.1) is 6.92 Å². The number of rotatable bonds is 7. The number of nitrogens with zero attached hydrogens (tertiary/aromatic N) is 2. The highest BCUT2D eigenvalue weighted by Crippen LogP contribution is 2.32. The summed E-state index contributed by atoms with van der Waals surface area (Å²) in [5.74, 6) is -0.134. The second kappa shape index (κ2) is 14.6. The number of benzene rings is 5. The van der Waals surface area contributed by atoms with Gasteiger partial charge in [0.05, 0.1) is 0 Å². The number of carbonyl (C=O) groups excluding carboxylic acids is 1. The Balaban J connectivity index is 0.000000193. The van der Waals surface area contributed by atoms with E-state index in [1.165, 1.54) is 25.1 Å². The lowest BCUT2D eigenvalue weighted by molar-refractivity contribution is 0.101. The fourth-order valence-electron chi connectivity index (χ4n) is 3.83. The third kappa shape index (κ3) is 7.94. The number of ketones is 1. The first-order chi connectivity index (χ1) is 20.2. The van der Waals surface area contributed by atoms with Crippen molar-refractivity contribution in [2.45, 2.75) is 23.6 Å². The van der Waals surface area contributed by atoms with Crippen LogP contribution in [-0.2, 0) is 0 Å². The molecule has 0 amide bonds. The van der Waals surface area contributed by atoms with Crippen molar-refractivity contribution >= 4 is 64.5 Å². The van der Waals surface area contributed by atoms with E-state index in [2.05, 4.69) is 8.80 Å². The number of phenolic OH excluding ortho intramolecular Hbond substituents is 3. The molecule has 0 unspecified atom stereocenters. The fraction of sp³-hybridized carbons (Fsp3) is 0.0606. The summed E-state index contributed by atoms with van der Waals surface area (Å²) in [7, 11) is 0. The maximum Gasteiger partial charge on any atom is 0.166 e. The Kier molecular flexibility index (Phi) is 10.7. The van der Waals surface area contributed by atoms with Gasteiger partial charge in [0, 0.05) is 67.8 Å². The third-order valence-corrected chi connectivity index (χ3v) is 7.80. The summed E-state index contributed by atoms with van der Waals surface area (Å²) in [6.45, 7) is 3.21. The lowest BCUT2D eigenvalue weighted by atomic mass is 10.0. The predicted octanol–water partition coefficient (Wildman–Crippen LogP) is 9.06. The monoisotopic (exact) mass is 614 g/mol. The highest BCUT2D eigenvalue weighted by molar-refractivity contribution is 7.98. The lowest BCUT2D eigenvalue weighted by Crippen LogP contribution is -1.93. The van der Waals surface area contributed by atoms with Crippen molar-refractivity contribution in [1.82, 2.24) is 0 Å². The van der Waals surface area contributed by atoms with Crippen LogP contribution < -0.4 is 0 Å². The molecule has 0 fully saturated rings. The van der Waals surface area contributed by atoms with Gasteiger partial charge in [-0.15, -0.1) is 0 Å². The number of phenols is 3. The lowest BCUT2D eigenvalue weighted by Gasteiger charge is -2.05. The van der Waals surface area contributed by atoms with Crippen LogP contribution in [0.15, 0.2) is 116 Å². The minimum atomic E-state index is -0.195. The first-order valence-corrected chi connectivity index (χ1v) is 14.7. The average Bonchev–Trinajstić information content (AvgIpc) is 2.99. The van der Waals surface area contributed by atoms with Crippen LogP contribution in [0.2, 0.25) is 5.02 Å². The van der Waals surface area contributed by atoms with Crippen molar-refractivity contribution in [2.75, 3.05) is 0 Å². The topological polar surface area (TPSA) is 102 Å². The second-order valence-electron chi connectivity index (χ2n) is 9.05. The smallest absolute Gasteiger partial charge is 0.166 e. The molecule has 5 aromatic rings. The Hall–Kier alpha value is -4.24. The van der Waals surface area contributed by atoms with Crippen LogP contribution >= 0.6 is 35.5 Å². The molecule has 0 saturated heterocycles. The van der Waals surface area contributed by atoms with Crippen LogP contribution in [-0.4, -0.2) is 33.5 Å². The third-order valence-electron chi connectivity index (χ3n) is 6.09. The molecule has 5 rings (SSSR count). The largest absolute Gasteiger partial charge is 0.507 e. The number of aryl methyl sites for hydroxylation is 1. The normalized spacial score (nSPS) is 11.1. The zero-order valence-electron chi connectivity index (χ0n) is 22.7. The molecule has 0 aromatic heterocycles. The van der Waals surface area contributed by atoms with E-state index in [4.69, 9.17) is 11.6 Å². The molecule has 3 N–H and O–H groups in total. The molecule has 0 atom stereocenters. The summed E-state index contributed by atoms with van der Waals surface area (Å²) < 4.78 is 8.50. The van der Waals surface area contributed by atoms with Gasteiger partial charge in [0.2, 0.25) is 0 Å². The molecule has 0 saturated carbocycles. The summed E-state index contributed by atoms with van der Waals surface area (Å²) >= 11 is 8.33. The number of carbonyl (C=O) groups is 1. The number of halogens is 1. The van der Waals surface area contributed by atoms with Gasteiger partial charge >= 0.3 is 0 Å². The van der Waals surface area contributed by atoms with Crippen molar-refractivity contribution in [3.8, 4) is 17.2 Å². The van der Waals surface area contributed by atoms with E-state index in [0.29, 0.717) is 21.7 Å². The van der Waals surface area contributed by atoms with Gasteiger partial charge in [-0.3, -0.25) is 4.79 Å². The minimum Gasteiger partial charge on any atom is -0.507 e. The maximum absolute atomic E-state index is 11.5. The number of Topliss-reactive ketones (excluding diaryl/α,β-unsaturated/α-hetero) is 1. The Morgan fingerprint density at radius 3 is 2.21 bits per heavy atom. The molecule has 6 nitrogen and oxygen atoms in total. The average molecular weight is 615 g/mol. The van der Waals surface area contributed by atoms with E-state index in [1.807, 2.05) is 66.7 Å². The van der Waals surface area contributed by atoms with Crippen LogP contribution in [0.25, 0.3) is 10.8 Å². The molecular formula is C33H27ClN2O4S2. The van der Waals surface area contributed by atoms with Crippen molar-refractivity contribution in [3.05, 3.63) is 124 Å².